The molecule has 0 aliphatic carbocycles. The minimum atomic E-state index is -3.16. The third-order valence-electron chi connectivity index (χ3n) is 19.5. The smallest absolute Gasteiger partial charge is 0.236 e. The molecule has 9 nitrogen and oxygen atoms in total. The fourth-order valence-corrected chi connectivity index (χ4v) is 20.4. The van der Waals surface area contributed by atoms with Crippen molar-refractivity contribution in [3.8, 4) is 46.0 Å². The van der Waals surface area contributed by atoms with Gasteiger partial charge in [0.15, 0.2) is 0 Å². The van der Waals surface area contributed by atoms with E-state index in [1.165, 1.54) is 0 Å². The second-order valence-electron chi connectivity index (χ2n) is 34.2. The fraction of sp³-hybridized carbons (Fsp3) is 0.727. The second kappa shape index (κ2) is 41.8. The van der Waals surface area contributed by atoms with Crippen molar-refractivity contribution in [2.24, 2.45) is 0 Å². The zero-order chi connectivity index (χ0) is 73.6. The normalized spacial score (nSPS) is 12.9. The van der Waals surface area contributed by atoms with Crippen molar-refractivity contribution in [3.63, 3.8) is 0 Å². The lowest BCUT2D eigenvalue weighted by atomic mass is 10.00. The molecular formula is C88H150O9Si2. The Balaban J connectivity index is 2.40. The first-order chi connectivity index (χ1) is 46.6. The van der Waals surface area contributed by atoms with Gasteiger partial charge < -0.3 is 42.0 Å². The average Bonchev–Trinajstić information content (AvgIpc) is 0.765. The SMILES string of the molecule is CCCCCC(C)(C)Oc1ccc([SiH](O[SiH](c2ccc(OC(C)(C)CCCCC)cc2OC(C)(C)CCCCC)c2ccc(OC(C)(C)CCCCC)cc2OC(C)(C)CCCCC)c2ccc(OC(C)(C)CCCCC)cc2OC(C)(C)CCCCC)c(OC(C)(C)CCCCC)c1. The van der Waals surface area contributed by atoms with Gasteiger partial charge in [0.1, 0.15) is 90.8 Å². The minimum Gasteiger partial charge on any atom is -0.488 e. The Kier molecular flexibility index (Phi) is 36.8. The third kappa shape index (κ3) is 32.5. The van der Waals surface area contributed by atoms with Crippen LogP contribution in [0.4, 0.5) is 0 Å². The number of hydrogen-bond acceptors (Lipinski definition) is 9. The highest BCUT2D eigenvalue weighted by molar-refractivity contribution is 6.93. The van der Waals surface area contributed by atoms with Gasteiger partial charge in [-0.3, -0.25) is 0 Å². The van der Waals surface area contributed by atoms with Crippen LogP contribution in [0.1, 0.15) is 372 Å². The summed E-state index contributed by atoms with van der Waals surface area (Å²) in [5.41, 5.74) is -3.80. The van der Waals surface area contributed by atoms with Gasteiger partial charge in [-0.15, -0.1) is 0 Å². The summed E-state index contributed by atoms with van der Waals surface area (Å²) in [5, 5.41) is 4.06. The van der Waals surface area contributed by atoms with Gasteiger partial charge in [-0.25, -0.2) is 0 Å². The van der Waals surface area contributed by atoms with E-state index in [0.717, 1.165) is 272 Å². The van der Waals surface area contributed by atoms with Gasteiger partial charge >= 0.3 is 0 Å². The highest BCUT2D eigenvalue weighted by Crippen LogP contribution is 2.37. The Morgan fingerprint density at radius 1 is 0.212 bits per heavy atom. The molecule has 4 rings (SSSR count). The van der Waals surface area contributed by atoms with E-state index in [1.807, 2.05) is 0 Å². The average molecular weight is 1410 g/mol. The predicted molar refractivity (Wildman–Crippen MR) is 430 cm³/mol. The summed E-state index contributed by atoms with van der Waals surface area (Å²) >= 11 is 0. The molecule has 0 saturated heterocycles. The van der Waals surface area contributed by atoms with E-state index in [2.05, 4.69) is 239 Å². The van der Waals surface area contributed by atoms with Crippen molar-refractivity contribution in [2.45, 2.75) is 416 Å². The van der Waals surface area contributed by atoms with Crippen molar-refractivity contribution in [1.82, 2.24) is 0 Å². The van der Waals surface area contributed by atoms with Crippen LogP contribution >= 0.6 is 0 Å². The van der Waals surface area contributed by atoms with Crippen LogP contribution in [0, 0.1) is 0 Å². The standard InChI is InChI=1S/C88H150O9Si2/c1-25-33-41-57-81(9,10)89-69-49-53-77(73(65-69)93-85(17,18)61-45-37-29-5)98(78-54-50-70(90-82(11,12)58-42-34-26-2)66-74(78)94-86(19,20)62-46-38-30-6)97-99(79-55-51-71(91-83(13,14)59-43-35-27-3)67-75(79)95-87(21,22)63-47-39-31-7)80-56-52-72(92-84(15,16)60-44-36-28-4)68-76(80)96-88(23,24)64-48-40-32-8/h49-56,65-68,98-99H,25-48,57-64H2,1-24H3. The zero-order valence-corrected chi connectivity index (χ0v) is 70.7. The van der Waals surface area contributed by atoms with Crippen molar-refractivity contribution in [2.75, 3.05) is 0 Å². The topological polar surface area (TPSA) is 83.1 Å². The van der Waals surface area contributed by atoms with Crippen LogP contribution in [-0.4, -0.2) is 62.9 Å². The first kappa shape index (κ1) is 87.1. The number of rotatable bonds is 54. The fourth-order valence-electron chi connectivity index (χ4n) is 13.6. The van der Waals surface area contributed by atoms with Crippen LogP contribution in [-0.2, 0) is 4.12 Å². The lowest BCUT2D eigenvalue weighted by Gasteiger charge is -2.36. The van der Waals surface area contributed by atoms with Crippen molar-refractivity contribution in [3.05, 3.63) is 72.8 Å². The predicted octanol–water partition coefficient (Wildman–Crippen LogP) is 24.0. The van der Waals surface area contributed by atoms with E-state index in [0.29, 0.717) is 0 Å². The van der Waals surface area contributed by atoms with E-state index in [9.17, 15) is 0 Å². The molecule has 4 aromatic rings. The molecule has 0 saturated carbocycles. The van der Waals surface area contributed by atoms with Gasteiger partial charge in [-0.1, -0.05) is 182 Å². The summed E-state index contributed by atoms with van der Waals surface area (Å²) in [7, 11) is -6.32. The molecule has 0 radical (unpaired) electrons. The summed E-state index contributed by atoms with van der Waals surface area (Å²) in [4.78, 5) is 0. The molecule has 0 aromatic heterocycles. The Morgan fingerprint density at radius 2 is 0.364 bits per heavy atom. The van der Waals surface area contributed by atoms with Gasteiger partial charge in [-0.2, -0.15) is 0 Å². The first-order valence-corrected chi connectivity index (χ1v) is 43.6. The molecule has 0 bridgehead atoms. The Hall–Kier alpha value is -4.33. The van der Waals surface area contributed by atoms with Crippen molar-refractivity contribution in [1.29, 1.82) is 0 Å². The lowest BCUT2D eigenvalue weighted by Crippen LogP contribution is -2.57. The van der Waals surface area contributed by atoms with Gasteiger partial charge in [0.25, 0.3) is 0 Å². The maximum absolute atomic E-state index is 8.83. The van der Waals surface area contributed by atoms with Gasteiger partial charge in [0.2, 0.25) is 18.1 Å². The van der Waals surface area contributed by atoms with E-state index in [4.69, 9.17) is 42.0 Å². The van der Waals surface area contributed by atoms with Gasteiger partial charge in [-0.05, 0) is 238 Å². The molecule has 564 valence electrons. The summed E-state index contributed by atoms with van der Waals surface area (Å²) in [6.45, 7) is 54.0. The van der Waals surface area contributed by atoms with Crippen molar-refractivity contribution < 1.29 is 42.0 Å². The van der Waals surface area contributed by atoms with Crippen LogP contribution < -0.4 is 58.6 Å². The Bertz CT molecular complexity index is 2520. The maximum Gasteiger partial charge on any atom is 0.236 e. The molecule has 0 spiro atoms. The summed E-state index contributed by atoms with van der Waals surface area (Å²) in [6.07, 6.45) is 34.1. The van der Waals surface area contributed by atoms with E-state index in [-0.39, 0.29) is 0 Å². The molecule has 0 unspecified atom stereocenters. The second-order valence-corrected chi connectivity index (χ2v) is 39.3. The highest BCUT2D eigenvalue weighted by atomic mass is 28.4. The van der Waals surface area contributed by atoms with Crippen LogP contribution in [0.15, 0.2) is 72.8 Å². The van der Waals surface area contributed by atoms with Crippen LogP contribution in [0.25, 0.3) is 0 Å². The summed E-state index contributed by atoms with van der Waals surface area (Å²) < 4.78 is 68.1. The molecule has 4 aromatic carbocycles. The molecule has 0 atom stereocenters. The van der Waals surface area contributed by atoms with Crippen LogP contribution in [0.3, 0.4) is 0 Å². The van der Waals surface area contributed by atoms with Crippen LogP contribution in [0.2, 0.25) is 0 Å². The molecule has 99 heavy (non-hydrogen) atoms. The zero-order valence-electron chi connectivity index (χ0n) is 68.4. The Morgan fingerprint density at radius 3 is 0.515 bits per heavy atom. The van der Waals surface area contributed by atoms with Gasteiger partial charge in [0, 0.05) is 45.0 Å². The number of ether oxygens (including phenoxy) is 8. The summed E-state index contributed by atoms with van der Waals surface area (Å²) in [6, 6.07) is 26.6. The van der Waals surface area contributed by atoms with Crippen molar-refractivity contribution >= 4 is 38.8 Å². The lowest BCUT2D eigenvalue weighted by molar-refractivity contribution is 0.0874. The number of unbranched alkanes of at least 4 members (excludes halogenated alkanes) is 16. The Labute approximate surface area is 612 Å². The molecule has 0 aliphatic rings. The van der Waals surface area contributed by atoms with E-state index < -0.39 is 62.9 Å². The molecule has 0 fully saturated rings. The molecule has 0 aliphatic heterocycles. The van der Waals surface area contributed by atoms with Crippen LogP contribution in [0.5, 0.6) is 46.0 Å². The molecule has 11 heteroatoms. The summed E-state index contributed by atoms with van der Waals surface area (Å²) in [5.74, 6) is 6.24. The van der Waals surface area contributed by atoms with Gasteiger partial charge in [0.05, 0.1) is 0 Å². The molecule has 0 heterocycles. The molecular weight excluding hydrogens is 1260 g/mol. The largest absolute Gasteiger partial charge is 0.488 e. The number of hydrogen-bond donors (Lipinski definition) is 0. The minimum absolute atomic E-state index is 0.414. The molecule has 0 amide bonds. The number of benzene rings is 4. The molecule has 0 N–H and O–H groups in total. The third-order valence-corrected chi connectivity index (χ3v) is 25.9. The van der Waals surface area contributed by atoms with E-state index in [1.54, 1.807) is 0 Å². The maximum atomic E-state index is 8.83. The monoisotopic (exact) mass is 1410 g/mol. The highest BCUT2D eigenvalue weighted by Gasteiger charge is 2.39. The van der Waals surface area contributed by atoms with E-state index >= 15 is 0 Å². The quantitative estimate of drug-likeness (QED) is 0.0317. The first-order valence-electron chi connectivity index (χ1n) is 40.3.